The number of benzene rings is 1. The maximum atomic E-state index is 10.5. The van der Waals surface area contributed by atoms with E-state index in [1.165, 1.54) is 22.5 Å². The predicted octanol–water partition coefficient (Wildman–Crippen LogP) is 2.85. The molecule has 3 heteroatoms. The first-order valence-electron chi connectivity index (χ1n) is 4.73. The van der Waals surface area contributed by atoms with E-state index < -0.39 is 0 Å². The molecule has 15 heavy (non-hydrogen) atoms. The van der Waals surface area contributed by atoms with Crippen molar-refractivity contribution in [1.82, 2.24) is 4.98 Å². The average molecular weight is 217 g/mol. The minimum absolute atomic E-state index is 0.692. The van der Waals surface area contributed by atoms with Crippen LogP contribution in [0.4, 0.5) is 0 Å². The number of aryl methyl sites for hydroxylation is 1. The van der Waals surface area contributed by atoms with Gasteiger partial charge in [-0.1, -0.05) is 29.8 Å². The third-order valence-electron chi connectivity index (χ3n) is 2.13. The maximum Gasteiger partial charge on any atom is 0.161 e. The van der Waals surface area contributed by atoms with Gasteiger partial charge in [0.1, 0.15) is 0 Å². The molecule has 0 radical (unpaired) electrons. The van der Waals surface area contributed by atoms with Crippen LogP contribution >= 0.6 is 11.3 Å². The molecule has 2 rings (SSSR count). The highest BCUT2D eigenvalue weighted by Crippen LogP contribution is 2.16. The quantitative estimate of drug-likeness (QED) is 0.740. The summed E-state index contributed by atoms with van der Waals surface area (Å²) >= 11 is 1.45. The van der Waals surface area contributed by atoms with Gasteiger partial charge in [0.2, 0.25) is 0 Å². The lowest BCUT2D eigenvalue weighted by Gasteiger charge is -1.98. The Morgan fingerprint density at radius 2 is 2.33 bits per heavy atom. The topological polar surface area (TPSA) is 30.0 Å². The summed E-state index contributed by atoms with van der Waals surface area (Å²) in [5.74, 6) is 0. The molecule has 2 nitrogen and oxygen atoms in total. The molecule has 0 saturated carbocycles. The largest absolute Gasteiger partial charge is 0.297 e. The van der Waals surface area contributed by atoms with Crippen LogP contribution in [0.5, 0.6) is 0 Å². The molecule has 0 bridgehead atoms. The Morgan fingerprint density at radius 1 is 1.47 bits per heavy atom. The zero-order chi connectivity index (χ0) is 10.7. The molecule has 0 atom stereocenters. The van der Waals surface area contributed by atoms with Crippen molar-refractivity contribution in [3.05, 3.63) is 51.5 Å². The fourth-order valence-corrected chi connectivity index (χ4v) is 2.23. The van der Waals surface area contributed by atoms with Crippen LogP contribution in [0, 0.1) is 6.92 Å². The van der Waals surface area contributed by atoms with E-state index in [-0.39, 0.29) is 0 Å². The zero-order valence-electron chi connectivity index (χ0n) is 8.43. The summed E-state index contributed by atoms with van der Waals surface area (Å²) in [5, 5.41) is 0.989. The van der Waals surface area contributed by atoms with Crippen LogP contribution in [0.2, 0.25) is 0 Å². The highest BCUT2D eigenvalue weighted by atomic mass is 32.1. The minimum atomic E-state index is 0.692. The van der Waals surface area contributed by atoms with E-state index >= 15 is 0 Å². The van der Waals surface area contributed by atoms with Crippen LogP contribution in [0.3, 0.4) is 0 Å². The Kier molecular flexibility index (Phi) is 2.92. The van der Waals surface area contributed by atoms with Crippen LogP contribution in [-0.2, 0) is 6.42 Å². The number of hydrogen-bond donors (Lipinski definition) is 0. The molecule has 0 N–H and O–H groups in total. The maximum absolute atomic E-state index is 10.5. The lowest BCUT2D eigenvalue weighted by molar-refractivity contribution is 0.112. The lowest BCUT2D eigenvalue weighted by Crippen LogP contribution is -1.86. The van der Waals surface area contributed by atoms with Crippen molar-refractivity contribution in [2.24, 2.45) is 0 Å². The van der Waals surface area contributed by atoms with E-state index in [1.54, 1.807) is 6.20 Å². The monoisotopic (exact) mass is 217 g/mol. The Bertz CT molecular complexity index is 476. The first-order valence-corrected chi connectivity index (χ1v) is 5.55. The fourth-order valence-electron chi connectivity index (χ4n) is 1.46. The summed E-state index contributed by atoms with van der Waals surface area (Å²) in [6, 6.07) is 8.33. The molecule has 2 aromatic rings. The molecule has 1 aromatic heterocycles. The second-order valence-electron chi connectivity index (χ2n) is 3.44. The summed E-state index contributed by atoms with van der Waals surface area (Å²) in [6.07, 6.45) is 3.28. The van der Waals surface area contributed by atoms with Gasteiger partial charge >= 0.3 is 0 Å². The molecule has 0 aliphatic rings. The third-order valence-corrected chi connectivity index (χ3v) is 3.05. The number of aldehydes is 1. The van der Waals surface area contributed by atoms with Crippen molar-refractivity contribution in [2.75, 3.05) is 0 Å². The number of aromatic nitrogens is 1. The van der Waals surface area contributed by atoms with Crippen LogP contribution in [0.25, 0.3) is 0 Å². The van der Waals surface area contributed by atoms with Gasteiger partial charge in [-0.3, -0.25) is 4.79 Å². The molecule has 0 aliphatic carbocycles. The number of nitrogens with zero attached hydrogens (tertiary/aromatic N) is 1. The highest BCUT2D eigenvalue weighted by molar-refractivity contribution is 7.13. The highest BCUT2D eigenvalue weighted by Gasteiger charge is 2.02. The van der Waals surface area contributed by atoms with Gasteiger partial charge in [0.05, 0.1) is 9.88 Å². The van der Waals surface area contributed by atoms with E-state index in [0.29, 0.717) is 4.88 Å². The summed E-state index contributed by atoms with van der Waals surface area (Å²) in [7, 11) is 0. The molecule has 0 amide bonds. The number of hydrogen-bond acceptors (Lipinski definition) is 3. The Balaban J connectivity index is 2.18. The second-order valence-corrected chi connectivity index (χ2v) is 4.59. The number of carbonyl (C=O) groups is 1. The molecule has 0 saturated heterocycles. The van der Waals surface area contributed by atoms with E-state index in [2.05, 4.69) is 30.1 Å². The first kappa shape index (κ1) is 10.1. The number of rotatable bonds is 3. The van der Waals surface area contributed by atoms with Gasteiger partial charge in [-0.05, 0) is 12.5 Å². The SMILES string of the molecule is Cc1cccc(Cc2ncc(C=O)s2)c1. The van der Waals surface area contributed by atoms with E-state index in [1.807, 2.05) is 6.07 Å². The first-order chi connectivity index (χ1) is 7.28. The van der Waals surface area contributed by atoms with Gasteiger partial charge in [-0.2, -0.15) is 0 Å². The van der Waals surface area contributed by atoms with Crippen molar-refractivity contribution >= 4 is 17.6 Å². The van der Waals surface area contributed by atoms with E-state index in [0.717, 1.165) is 17.7 Å². The molecule has 1 heterocycles. The van der Waals surface area contributed by atoms with E-state index in [4.69, 9.17) is 0 Å². The van der Waals surface area contributed by atoms with Crippen molar-refractivity contribution < 1.29 is 4.79 Å². The van der Waals surface area contributed by atoms with Crippen LogP contribution < -0.4 is 0 Å². The predicted molar refractivity (Wildman–Crippen MR) is 61.5 cm³/mol. The van der Waals surface area contributed by atoms with Crippen molar-refractivity contribution in [3.8, 4) is 0 Å². The van der Waals surface area contributed by atoms with Crippen molar-refractivity contribution in [2.45, 2.75) is 13.3 Å². The van der Waals surface area contributed by atoms with Gasteiger partial charge in [0, 0.05) is 12.6 Å². The Hall–Kier alpha value is -1.48. The minimum Gasteiger partial charge on any atom is -0.297 e. The molecule has 0 aliphatic heterocycles. The zero-order valence-corrected chi connectivity index (χ0v) is 9.25. The third kappa shape index (κ3) is 2.50. The molecule has 76 valence electrons. The Morgan fingerprint density at radius 3 is 3.00 bits per heavy atom. The van der Waals surface area contributed by atoms with Gasteiger partial charge in [-0.25, -0.2) is 4.98 Å². The van der Waals surface area contributed by atoms with E-state index in [9.17, 15) is 4.79 Å². The van der Waals surface area contributed by atoms with Gasteiger partial charge < -0.3 is 0 Å². The standard InChI is InChI=1S/C12H11NOS/c1-9-3-2-4-10(5-9)6-12-13-7-11(8-14)15-12/h2-5,7-8H,6H2,1H3. The molecule has 0 fully saturated rings. The number of thiazole rings is 1. The number of carbonyl (C=O) groups excluding carboxylic acids is 1. The smallest absolute Gasteiger partial charge is 0.161 e. The normalized spacial score (nSPS) is 10.2. The average Bonchev–Trinajstić information content (AvgIpc) is 2.65. The molecule has 1 aromatic carbocycles. The van der Waals surface area contributed by atoms with Gasteiger partial charge in [-0.15, -0.1) is 11.3 Å². The van der Waals surface area contributed by atoms with Crippen LogP contribution in [-0.4, -0.2) is 11.3 Å². The molecular weight excluding hydrogens is 206 g/mol. The molecule has 0 unspecified atom stereocenters. The fraction of sp³-hybridized carbons (Fsp3) is 0.167. The van der Waals surface area contributed by atoms with Crippen molar-refractivity contribution in [3.63, 3.8) is 0 Å². The van der Waals surface area contributed by atoms with Crippen molar-refractivity contribution in [1.29, 1.82) is 0 Å². The molecule has 0 spiro atoms. The molecular formula is C12H11NOS. The summed E-state index contributed by atoms with van der Waals surface area (Å²) < 4.78 is 0. The Labute approximate surface area is 92.6 Å². The van der Waals surface area contributed by atoms with Crippen LogP contribution in [0.15, 0.2) is 30.5 Å². The summed E-state index contributed by atoms with van der Waals surface area (Å²) in [6.45, 7) is 2.07. The second kappa shape index (κ2) is 4.36. The van der Waals surface area contributed by atoms with Crippen LogP contribution in [0.1, 0.15) is 25.8 Å². The summed E-state index contributed by atoms with van der Waals surface area (Å²) in [4.78, 5) is 15.4. The van der Waals surface area contributed by atoms with Gasteiger partial charge in [0.25, 0.3) is 0 Å². The lowest BCUT2D eigenvalue weighted by atomic mass is 10.1. The summed E-state index contributed by atoms with van der Waals surface area (Å²) in [5.41, 5.74) is 2.49. The van der Waals surface area contributed by atoms with Gasteiger partial charge in [0.15, 0.2) is 6.29 Å².